The average molecular weight is 328 g/mol. The molecule has 9 heteroatoms. The summed E-state index contributed by atoms with van der Waals surface area (Å²) in [4.78, 5) is 11.2. The Bertz CT molecular complexity index is 712. The minimum absolute atomic E-state index is 0.0174. The first kappa shape index (κ1) is 15.5. The predicted molar refractivity (Wildman–Crippen MR) is 74.4 cm³/mol. The Hall–Kier alpha value is -1.87. The number of aromatic nitrogens is 2. The van der Waals surface area contributed by atoms with Crippen molar-refractivity contribution in [1.82, 2.24) is 10.2 Å². The summed E-state index contributed by atoms with van der Waals surface area (Å²) >= 11 is 0.986. The lowest BCUT2D eigenvalue weighted by Gasteiger charge is -2.00. The first-order chi connectivity index (χ1) is 10.0. The molecule has 0 aliphatic rings. The van der Waals surface area contributed by atoms with Gasteiger partial charge in [-0.3, -0.25) is 4.79 Å². The number of benzene rings is 1. The van der Waals surface area contributed by atoms with E-state index in [1.54, 1.807) is 18.2 Å². The Balaban J connectivity index is 2.04. The number of carbonyl (C=O) groups excluding carboxylic acids is 1. The van der Waals surface area contributed by atoms with Crippen molar-refractivity contribution in [1.29, 1.82) is 0 Å². The number of ether oxygens (including phenoxy) is 1. The van der Waals surface area contributed by atoms with E-state index in [2.05, 4.69) is 14.9 Å². The van der Waals surface area contributed by atoms with Crippen LogP contribution in [0.5, 0.6) is 0 Å². The molecule has 0 amide bonds. The van der Waals surface area contributed by atoms with E-state index in [1.807, 2.05) is 0 Å². The largest absolute Gasteiger partial charge is 0.468 e. The van der Waals surface area contributed by atoms with E-state index in [0.717, 1.165) is 11.8 Å². The third-order valence-corrected chi connectivity index (χ3v) is 4.81. The van der Waals surface area contributed by atoms with E-state index < -0.39 is 15.8 Å². The third kappa shape index (κ3) is 4.30. The van der Waals surface area contributed by atoms with E-state index >= 15 is 0 Å². The fourth-order valence-electron chi connectivity index (χ4n) is 1.41. The molecule has 7 nitrogen and oxygen atoms in total. The van der Waals surface area contributed by atoms with Gasteiger partial charge in [-0.25, -0.2) is 8.42 Å². The topological polar surface area (TPSA) is 99.4 Å². The van der Waals surface area contributed by atoms with Crippen LogP contribution in [0.4, 0.5) is 0 Å². The van der Waals surface area contributed by atoms with Gasteiger partial charge in [0.25, 0.3) is 5.22 Å². The van der Waals surface area contributed by atoms with Crippen LogP contribution in [0.1, 0.15) is 5.89 Å². The van der Waals surface area contributed by atoms with Crippen molar-refractivity contribution < 1.29 is 22.4 Å². The van der Waals surface area contributed by atoms with Crippen molar-refractivity contribution in [2.75, 3.05) is 12.9 Å². The molecule has 0 bridgehead atoms. The molecule has 1 aromatic carbocycles. The van der Waals surface area contributed by atoms with Gasteiger partial charge in [0.1, 0.15) is 11.5 Å². The van der Waals surface area contributed by atoms with Gasteiger partial charge in [0, 0.05) is 0 Å². The number of thioether (sulfide) groups is 1. The first-order valence-corrected chi connectivity index (χ1v) is 8.45. The Morgan fingerprint density at radius 1 is 1.29 bits per heavy atom. The van der Waals surface area contributed by atoms with Gasteiger partial charge in [-0.15, -0.1) is 10.2 Å². The van der Waals surface area contributed by atoms with Crippen molar-refractivity contribution >= 4 is 27.6 Å². The van der Waals surface area contributed by atoms with E-state index in [4.69, 9.17) is 4.42 Å². The number of carbonyl (C=O) groups is 1. The number of methoxy groups -OCH3 is 1. The second-order valence-electron chi connectivity index (χ2n) is 3.90. The van der Waals surface area contributed by atoms with Crippen molar-refractivity contribution in [2.24, 2.45) is 0 Å². The maximum Gasteiger partial charge on any atom is 0.316 e. The van der Waals surface area contributed by atoms with Gasteiger partial charge >= 0.3 is 5.97 Å². The normalized spacial score (nSPS) is 11.3. The molecule has 0 unspecified atom stereocenters. The molecular weight excluding hydrogens is 316 g/mol. The van der Waals surface area contributed by atoms with Gasteiger partial charge in [0.05, 0.1) is 12.0 Å². The number of nitrogens with zero attached hydrogens (tertiary/aromatic N) is 2. The molecule has 2 aromatic rings. The van der Waals surface area contributed by atoms with Crippen molar-refractivity contribution in [3.05, 3.63) is 36.2 Å². The highest BCUT2D eigenvalue weighted by Gasteiger charge is 2.19. The van der Waals surface area contributed by atoms with Crippen LogP contribution in [0.15, 0.2) is 44.9 Å². The monoisotopic (exact) mass is 328 g/mol. The zero-order valence-corrected chi connectivity index (χ0v) is 12.7. The van der Waals surface area contributed by atoms with Gasteiger partial charge in [-0.1, -0.05) is 30.0 Å². The Labute approximate surface area is 125 Å². The van der Waals surface area contributed by atoms with Gasteiger partial charge < -0.3 is 9.15 Å². The van der Waals surface area contributed by atoms with E-state index in [9.17, 15) is 13.2 Å². The van der Waals surface area contributed by atoms with E-state index in [1.165, 1.54) is 19.2 Å². The molecule has 0 atom stereocenters. The molecular formula is C12H12N2O5S2. The molecule has 0 aliphatic heterocycles. The second-order valence-corrected chi connectivity index (χ2v) is 6.81. The first-order valence-electron chi connectivity index (χ1n) is 5.81. The summed E-state index contributed by atoms with van der Waals surface area (Å²) in [5.74, 6) is -0.824. The molecule has 0 fully saturated rings. The lowest BCUT2D eigenvalue weighted by atomic mass is 10.4. The van der Waals surface area contributed by atoms with E-state index in [0.29, 0.717) is 0 Å². The van der Waals surface area contributed by atoms with Crippen LogP contribution in [0.25, 0.3) is 0 Å². The van der Waals surface area contributed by atoms with Crippen LogP contribution < -0.4 is 0 Å². The predicted octanol–water partition coefficient (Wildman–Crippen LogP) is 1.31. The maximum atomic E-state index is 12.1. The number of sulfone groups is 1. The zero-order chi connectivity index (χ0) is 15.3. The summed E-state index contributed by atoms with van der Waals surface area (Å²) in [6.07, 6.45) is 0. The molecule has 1 aromatic heterocycles. The highest BCUT2D eigenvalue weighted by atomic mass is 32.2. The van der Waals surface area contributed by atoms with Gasteiger partial charge in [-0.2, -0.15) is 0 Å². The Kier molecular flexibility index (Phi) is 4.97. The summed E-state index contributed by atoms with van der Waals surface area (Å²) in [6.45, 7) is 0. The maximum absolute atomic E-state index is 12.1. The highest BCUT2D eigenvalue weighted by Crippen LogP contribution is 2.19. The molecule has 0 saturated heterocycles. The SMILES string of the molecule is COC(=O)CSc1nnc(CS(=O)(=O)c2ccccc2)o1. The summed E-state index contributed by atoms with van der Waals surface area (Å²) < 4.78 is 33.9. The molecule has 2 rings (SSSR count). The molecule has 0 radical (unpaired) electrons. The third-order valence-electron chi connectivity index (χ3n) is 2.41. The fraction of sp³-hybridized carbons (Fsp3) is 0.250. The smallest absolute Gasteiger partial charge is 0.316 e. The molecule has 0 saturated carbocycles. The second kappa shape index (κ2) is 6.72. The van der Waals surface area contributed by atoms with Crippen molar-refractivity contribution in [2.45, 2.75) is 15.9 Å². The highest BCUT2D eigenvalue weighted by molar-refractivity contribution is 7.99. The lowest BCUT2D eigenvalue weighted by Crippen LogP contribution is -2.05. The number of rotatable bonds is 6. The summed E-state index contributed by atoms with van der Waals surface area (Å²) in [7, 11) is -2.26. The molecule has 1 heterocycles. The van der Waals surface area contributed by atoms with E-state index in [-0.39, 0.29) is 27.5 Å². The average Bonchev–Trinajstić information content (AvgIpc) is 2.92. The molecule has 0 spiro atoms. The summed E-state index contributed by atoms with van der Waals surface area (Å²) in [5.41, 5.74) is 0. The lowest BCUT2D eigenvalue weighted by molar-refractivity contribution is -0.137. The minimum Gasteiger partial charge on any atom is -0.468 e. The number of hydrogen-bond donors (Lipinski definition) is 0. The van der Waals surface area contributed by atoms with Gasteiger partial charge in [0.15, 0.2) is 9.84 Å². The number of hydrogen-bond acceptors (Lipinski definition) is 8. The van der Waals surface area contributed by atoms with Crippen molar-refractivity contribution in [3.8, 4) is 0 Å². The van der Waals surface area contributed by atoms with Crippen LogP contribution in [0.3, 0.4) is 0 Å². The Morgan fingerprint density at radius 3 is 2.67 bits per heavy atom. The minimum atomic E-state index is -3.53. The van der Waals surface area contributed by atoms with Crippen molar-refractivity contribution in [3.63, 3.8) is 0 Å². The van der Waals surface area contributed by atoms with Crippen LogP contribution in [-0.4, -0.2) is 37.4 Å². The van der Waals surface area contributed by atoms with Crippen LogP contribution in [0.2, 0.25) is 0 Å². The molecule has 0 aliphatic carbocycles. The quantitative estimate of drug-likeness (QED) is 0.578. The van der Waals surface area contributed by atoms with Gasteiger partial charge in [0.2, 0.25) is 5.89 Å². The molecule has 21 heavy (non-hydrogen) atoms. The van der Waals surface area contributed by atoms with Crippen LogP contribution in [0, 0.1) is 0 Å². The standard InChI is InChI=1S/C12H12N2O5S2/c1-18-11(15)7-20-12-14-13-10(19-12)8-21(16,17)9-5-3-2-4-6-9/h2-6H,7-8H2,1H3. The van der Waals surface area contributed by atoms with Gasteiger partial charge in [-0.05, 0) is 12.1 Å². The summed E-state index contributed by atoms with van der Waals surface area (Å²) in [5, 5.41) is 7.46. The van der Waals surface area contributed by atoms with Crippen LogP contribution >= 0.6 is 11.8 Å². The van der Waals surface area contributed by atoms with Crippen LogP contribution in [-0.2, 0) is 25.1 Å². The molecule has 0 N–H and O–H groups in total. The fourth-order valence-corrected chi connectivity index (χ4v) is 3.20. The summed E-state index contributed by atoms with van der Waals surface area (Å²) in [6, 6.07) is 8.00. The number of esters is 1. The molecule has 112 valence electrons. The Morgan fingerprint density at radius 2 is 2.00 bits per heavy atom. The zero-order valence-electron chi connectivity index (χ0n) is 11.1.